The maximum Gasteiger partial charge on any atom is 0.340 e. The number of hydrogen-bond donors (Lipinski definition) is 1. The van der Waals surface area contributed by atoms with Gasteiger partial charge in [0.2, 0.25) is 5.91 Å². The minimum Gasteiger partial charge on any atom is -0.454 e. The van der Waals surface area contributed by atoms with E-state index in [0.29, 0.717) is 24.2 Å². The molecule has 1 aromatic carbocycles. The SMILES string of the molecule is CCN1C[C@]2(OC(=O)c3ccccc3NC(C)=O)CC[C@H](OC)[C@@]34[C@@H]2C[C@H]([C@@H]13)[C@@]12C[C@H](OC)[C@H]3C[C@H]4[C@]1(OCO2)[C@H]3OC. The van der Waals surface area contributed by atoms with Crippen LogP contribution in [0.5, 0.6) is 0 Å². The Bertz CT molecular complexity index is 1340. The zero-order valence-corrected chi connectivity index (χ0v) is 25.8. The van der Waals surface area contributed by atoms with Gasteiger partial charge in [-0.15, -0.1) is 0 Å². The standard InChI is InChI=1S/C33H44N2O8/c1-6-35-16-30(43-29(37)19-9-7-8-10-22(19)34-18(2)36)12-11-26(39-4)32-24(30)14-21(27(32)35)31-15-23(38-3)20-13-25(32)33(31,28(20)40-5)42-17-41-31/h7-10,20-21,23-28H,6,11-17H2,1-5H3,(H,34,36)/t20-,21-,23+,24-,25-,26+,27-,28+,30-,31+,32+,33+/m1/s1. The highest BCUT2D eigenvalue weighted by molar-refractivity contribution is 6.00. The fourth-order valence-electron chi connectivity index (χ4n) is 12.4. The van der Waals surface area contributed by atoms with Crippen LogP contribution in [0.3, 0.4) is 0 Å². The number of likely N-dealkylation sites (N-methyl/N-ethyl adjacent to an activating group) is 1. The Morgan fingerprint density at radius 2 is 1.88 bits per heavy atom. The summed E-state index contributed by atoms with van der Waals surface area (Å²) in [6.45, 7) is 5.41. The van der Waals surface area contributed by atoms with Crippen molar-refractivity contribution in [1.29, 1.82) is 0 Å². The number of para-hydroxylation sites is 1. The first-order valence-corrected chi connectivity index (χ1v) is 16.0. The molecule has 1 N–H and O–H groups in total. The Hall–Kier alpha value is -2.08. The van der Waals surface area contributed by atoms with Crippen molar-refractivity contribution in [3.05, 3.63) is 29.8 Å². The second-order valence-corrected chi connectivity index (χ2v) is 14.0. The number of carbonyl (C=O) groups excluding carboxylic acids is 2. The van der Waals surface area contributed by atoms with Crippen molar-refractivity contribution in [2.45, 2.75) is 87.1 Å². The molecule has 10 heteroatoms. The molecule has 2 aliphatic heterocycles. The largest absolute Gasteiger partial charge is 0.454 e. The number of methoxy groups -OCH3 is 3. The van der Waals surface area contributed by atoms with Gasteiger partial charge in [-0.25, -0.2) is 4.79 Å². The second-order valence-electron chi connectivity index (χ2n) is 14.0. The van der Waals surface area contributed by atoms with Crippen LogP contribution in [0.4, 0.5) is 5.69 Å². The molecule has 43 heavy (non-hydrogen) atoms. The van der Waals surface area contributed by atoms with Crippen LogP contribution in [0.1, 0.15) is 56.3 Å². The molecule has 0 radical (unpaired) electrons. The predicted molar refractivity (Wildman–Crippen MR) is 154 cm³/mol. The van der Waals surface area contributed by atoms with Crippen molar-refractivity contribution < 1.29 is 38.0 Å². The number of nitrogens with zero attached hydrogens (tertiary/aromatic N) is 1. The molecule has 234 valence electrons. The third kappa shape index (κ3) is 3.15. The van der Waals surface area contributed by atoms with Crippen LogP contribution < -0.4 is 5.32 Å². The van der Waals surface area contributed by atoms with Gasteiger partial charge in [0.1, 0.15) is 23.6 Å². The van der Waals surface area contributed by atoms with Crippen molar-refractivity contribution in [2.75, 3.05) is 46.5 Å². The highest BCUT2D eigenvalue weighted by Gasteiger charge is 2.91. The predicted octanol–water partition coefficient (Wildman–Crippen LogP) is 3.24. The van der Waals surface area contributed by atoms with Gasteiger partial charge in [-0.1, -0.05) is 19.1 Å². The molecule has 12 atom stereocenters. The summed E-state index contributed by atoms with van der Waals surface area (Å²) in [7, 11) is 5.47. The molecule has 10 nitrogen and oxygen atoms in total. The van der Waals surface area contributed by atoms with Crippen molar-refractivity contribution >= 4 is 17.6 Å². The number of carbonyl (C=O) groups is 2. The highest BCUT2D eigenvalue weighted by atomic mass is 16.7. The third-order valence-corrected chi connectivity index (χ3v) is 13.2. The van der Waals surface area contributed by atoms with Gasteiger partial charge >= 0.3 is 5.97 Å². The van der Waals surface area contributed by atoms with Crippen molar-refractivity contribution in [2.24, 2.45) is 29.1 Å². The van der Waals surface area contributed by atoms with Gasteiger partial charge in [-0.05, 0) is 44.4 Å². The quantitative estimate of drug-likeness (QED) is 0.475. The lowest BCUT2D eigenvalue weighted by Gasteiger charge is -2.70. The van der Waals surface area contributed by atoms with Gasteiger partial charge in [0.05, 0.1) is 29.6 Å². The zero-order chi connectivity index (χ0) is 29.9. The summed E-state index contributed by atoms with van der Waals surface area (Å²) < 4.78 is 39.7. The molecule has 5 aliphatic carbocycles. The summed E-state index contributed by atoms with van der Waals surface area (Å²) in [5, 5.41) is 2.82. The van der Waals surface area contributed by atoms with E-state index in [9.17, 15) is 9.59 Å². The highest BCUT2D eigenvalue weighted by Crippen LogP contribution is 2.81. The smallest absolute Gasteiger partial charge is 0.340 e. The Balaban J connectivity index is 1.29. The molecule has 0 unspecified atom stereocenters. The average molecular weight is 597 g/mol. The molecule has 7 bridgehead atoms. The number of ether oxygens (including phenoxy) is 6. The van der Waals surface area contributed by atoms with E-state index in [4.69, 9.17) is 28.4 Å². The summed E-state index contributed by atoms with van der Waals surface area (Å²) in [4.78, 5) is 28.7. The molecule has 0 aromatic heterocycles. The number of benzene rings is 1. The third-order valence-electron chi connectivity index (χ3n) is 13.2. The normalized spacial score (nSPS) is 48.6. The van der Waals surface area contributed by atoms with E-state index in [-0.39, 0.29) is 66.1 Å². The van der Waals surface area contributed by atoms with Crippen LogP contribution in [0.15, 0.2) is 24.3 Å². The van der Waals surface area contributed by atoms with Crippen LogP contribution >= 0.6 is 0 Å². The van der Waals surface area contributed by atoms with Crippen LogP contribution in [0.25, 0.3) is 0 Å². The first-order valence-electron chi connectivity index (χ1n) is 16.0. The minimum absolute atomic E-state index is 0.0141. The number of hydrogen-bond acceptors (Lipinski definition) is 9. The lowest BCUT2D eigenvalue weighted by molar-refractivity contribution is -0.305. The molecule has 7 aliphatic rings. The number of fused-ring (bicyclic) bond motifs is 1. The molecule has 2 spiro atoms. The molecule has 2 heterocycles. The maximum atomic E-state index is 14.1. The van der Waals surface area contributed by atoms with Crippen LogP contribution in [0.2, 0.25) is 0 Å². The number of rotatable bonds is 7. The molecular formula is C33H44N2O8. The molecule has 2 saturated heterocycles. The summed E-state index contributed by atoms with van der Waals surface area (Å²) in [6.07, 6.45) is 3.91. The van der Waals surface area contributed by atoms with Crippen LogP contribution in [0, 0.1) is 29.1 Å². The Morgan fingerprint density at radius 1 is 1.07 bits per heavy atom. The van der Waals surface area contributed by atoms with E-state index in [2.05, 4.69) is 17.1 Å². The lowest BCUT2D eigenvalue weighted by Crippen LogP contribution is -2.82. The van der Waals surface area contributed by atoms with Gasteiger partial charge < -0.3 is 33.7 Å². The maximum absolute atomic E-state index is 14.1. The molecule has 8 rings (SSSR count). The van der Waals surface area contributed by atoms with Crippen LogP contribution in [-0.2, 0) is 33.2 Å². The summed E-state index contributed by atoms with van der Waals surface area (Å²) in [6, 6.07) is 7.32. The molecular weight excluding hydrogens is 552 g/mol. The van der Waals surface area contributed by atoms with Crippen molar-refractivity contribution in [3.8, 4) is 0 Å². The van der Waals surface area contributed by atoms with Crippen molar-refractivity contribution in [1.82, 2.24) is 4.90 Å². The van der Waals surface area contributed by atoms with Gasteiger partial charge in [0, 0.05) is 76.3 Å². The summed E-state index contributed by atoms with van der Waals surface area (Å²) >= 11 is 0. The monoisotopic (exact) mass is 596 g/mol. The first-order chi connectivity index (χ1) is 20.8. The second kappa shape index (κ2) is 9.47. The summed E-state index contributed by atoms with van der Waals surface area (Å²) in [5.74, 6) is -0.131. The molecule has 7 fully saturated rings. The molecule has 1 amide bonds. The fourth-order valence-corrected chi connectivity index (χ4v) is 12.4. The molecule has 5 saturated carbocycles. The lowest BCUT2D eigenvalue weighted by atomic mass is 9.44. The summed E-state index contributed by atoms with van der Waals surface area (Å²) in [5.41, 5.74) is -1.33. The van der Waals surface area contributed by atoms with Gasteiger partial charge in [-0.3, -0.25) is 9.69 Å². The number of nitrogens with one attached hydrogen (secondary N) is 1. The Morgan fingerprint density at radius 3 is 2.60 bits per heavy atom. The van der Waals surface area contributed by atoms with E-state index in [1.807, 2.05) is 26.4 Å². The fraction of sp³-hybridized carbons (Fsp3) is 0.758. The average Bonchev–Trinajstić information content (AvgIpc) is 3.61. The van der Waals surface area contributed by atoms with Crippen molar-refractivity contribution in [3.63, 3.8) is 0 Å². The van der Waals surface area contributed by atoms with E-state index in [1.54, 1.807) is 19.2 Å². The number of likely N-dealkylation sites (tertiary alicyclic amines) is 1. The van der Waals surface area contributed by atoms with Crippen LogP contribution in [-0.4, -0.2) is 99.1 Å². The molecule has 1 aromatic rings. The van der Waals surface area contributed by atoms with Gasteiger partial charge in [-0.2, -0.15) is 0 Å². The van der Waals surface area contributed by atoms with E-state index in [0.717, 1.165) is 32.2 Å². The number of amides is 1. The van der Waals surface area contributed by atoms with E-state index >= 15 is 0 Å². The van der Waals surface area contributed by atoms with E-state index in [1.165, 1.54) is 6.92 Å². The first kappa shape index (κ1) is 28.4. The van der Waals surface area contributed by atoms with E-state index < -0.39 is 22.8 Å². The number of piperidine rings is 1. The Labute approximate surface area is 253 Å². The zero-order valence-electron chi connectivity index (χ0n) is 25.8. The number of esters is 1. The Kier molecular flexibility index (Phi) is 6.25. The van der Waals surface area contributed by atoms with Gasteiger partial charge in [0.15, 0.2) is 0 Å². The van der Waals surface area contributed by atoms with Gasteiger partial charge in [0.25, 0.3) is 0 Å². The number of anilines is 1. The topological polar surface area (TPSA) is 105 Å². The minimum atomic E-state index is -0.710.